The molecule has 0 saturated carbocycles. The van der Waals surface area contributed by atoms with E-state index in [1.54, 1.807) is 13.8 Å². The second-order valence-corrected chi connectivity index (χ2v) is 7.77. The first kappa shape index (κ1) is 18.5. The van der Waals surface area contributed by atoms with Crippen molar-refractivity contribution >= 4 is 21.5 Å². The van der Waals surface area contributed by atoms with Crippen molar-refractivity contribution in [1.82, 2.24) is 0 Å². The molecule has 0 N–H and O–H groups in total. The van der Waals surface area contributed by atoms with Crippen molar-refractivity contribution in [3.8, 4) is 22.3 Å². The molecule has 5 aromatic carbocycles. The molecule has 0 aliphatic carbocycles. The molecule has 0 radical (unpaired) electrons. The fourth-order valence-electron chi connectivity index (χ4n) is 4.35. The van der Waals surface area contributed by atoms with Crippen molar-refractivity contribution in [2.75, 3.05) is 0 Å². The number of hydrogen-bond donors (Lipinski definition) is 0. The molecule has 0 saturated heterocycles. The fraction of sp³-hybridized carbons (Fsp3) is 0.0714. The summed E-state index contributed by atoms with van der Waals surface area (Å²) in [5, 5.41) is 4.39. The summed E-state index contributed by atoms with van der Waals surface area (Å²) in [4.78, 5) is 0. The lowest BCUT2D eigenvalue weighted by Gasteiger charge is -2.18. The van der Waals surface area contributed by atoms with Crippen molar-refractivity contribution < 1.29 is 8.78 Å². The van der Waals surface area contributed by atoms with E-state index in [9.17, 15) is 8.78 Å². The van der Waals surface area contributed by atoms with Crippen molar-refractivity contribution in [2.45, 2.75) is 13.8 Å². The molecule has 0 unspecified atom stereocenters. The monoisotopic (exact) mass is 394 g/mol. The lowest BCUT2D eigenvalue weighted by molar-refractivity contribution is 0.618. The molecule has 0 heterocycles. The average molecular weight is 394 g/mol. The highest BCUT2D eigenvalue weighted by Crippen LogP contribution is 2.43. The molecule has 0 spiro atoms. The molecule has 5 aromatic rings. The SMILES string of the molecule is Cc1cc(-c2c3ccccc3c(-c3ccc(F)c(C)c3)c3ccccc23)ccc1F. The summed E-state index contributed by atoms with van der Waals surface area (Å²) in [5.74, 6) is -0.406. The Bertz CT molecular complexity index is 1260. The quantitative estimate of drug-likeness (QED) is 0.265. The number of hydrogen-bond acceptors (Lipinski definition) is 0. The molecule has 5 rings (SSSR count). The zero-order valence-electron chi connectivity index (χ0n) is 16.8. The minimum Gasteiger partial charge on any atom is -0.207 e. The van der Waals surface area contributed by atoms with Gasteiger partial charge < -0.3 is 0 Å². The Morgan fingerprint density at radius 2 is 0.800 bits per heavy atom. The molecule has 2 heteroatoms. The van der Waals surface area contributed by atoms with Gasteiger partial charge in [0.2, 0.25) is 0 Å². The standard InChI is InChI=1S/C28H20F2/c1-17-15-19(11-13-25(17)29)27-21-7-3-5-9-23(21)28(24-10-6-4-8-22(24)27)20-12-14-26(30)18(2)16-20/h3-16H,1-2H3. The zero-order chi connectivity index (χ0) is 20.8. The molecule has 0 atom stereocenters. The minimum absolute atomic E-state index is 0.203. The van der Waals surface area contributed by atoms with Crippen LogP contribution in [0, 0.1) is 25.5 Å². The highest BCUT2D eigenvalue weighted by Gasteiger charge is 2.17. The third-order valence-electron chi connectivity index (χ3n) is 5.82. The second kappa shape index (κ2) is 7.07. The van der Waals surface area contributed by atoms with Crippen LogP contribution in [0.2, 0.25) is 0 Å². The van der Waals surface area contributed by atoms with Gasteiger partial charge in [-0.3, -0.25) is 0 Å². The molecule has 30 heavy (non-hydrogen) atoms. The van der Waals surface area contributed by atoms with Gasteiger partial charge in [0.25, 0.3) is 0 Å². The summed E-state index contributed by atoms with van der Waals surface area (Å²) >= 11 is 0. The molecule has 0 aromatic heterocycles. The molecule has 0 aliphatic heterocycles. The highest BCUT2D eigenvalue weighted by atomic mass is 19.1. The first-order chi connectivity index (χ1) is 14.5. The van der Waals surface area contributed by atoms with Crippen LogP contribution < -0.4 is 0 Å². The van der Waals surface area contributed by atoms with Crippen LogP contribution in [0.3, 0.4) is 0 Å². The van der Waals surface area contributed by atoms with Gasteiger partial charge >= 0.3 is 0 Å². The topological polar surface area (TPSA) is 0 Å². The van der Waals surface area contributed by atoms with Crippen molar-refractivity contribution in [1.29, 1.82) is 0 Å². The Morgan fingerprint density at radius 1 is 0.467 bits per heavy atom. The molecule has 0 amide bonds. The molecule has 0 nitrogen and oxygen atoms in total. The zero-order valence-corrected chi connectivity index (χ0v) is 16.8. The Balaban J connectivity index is 1.96. The number of benzene rings is 5. The highest BCUT2D eigenvalue weighted by molar-refractivity contribution is 6.21. The number of fused-ring (bicyclic) bond motifs is 2. The molecule has 0 fully saturated rings. The van der Waals surface area contributed by atoms with Gasteiger partial charge in [0.1, 0.15) is 11.6 Å². The lowest BCUT2D eigenvalue weighted by atomic mass is 9.85. The van der Waals surface area contributed by atoms with E-state index < -0.39 is 0 Å². The van der Waals surface area contributed by atoms with Gasteiger partial charge in [-0.05, 0) is 93.0 Å². The molecular weight excluding hydrogens is 374 g/mol. The fourth-order valence-corrected chi connectivity index (χ4v) is 4.35. The Morgan fingerprint density at radius 3 is 1.10 bits per heavy atom. The van der Waals surface area contributed by atoms with E-state index in [4.69, 9.17) is 0 Å². The summed E-state index contributed by atoms with van der Waals surface area (Å²) in [7, 11) is 0. The lowest BCUT2D eigenvalue weighted by Crippen LogP contribution is -1.92. The maximum Gasteiger partial charge on any atom is 0.126 e. The van der Waals surface area contributed by atoms with Gasteiger partial charge in [0, 0.05) is 0 Å². The summed E-state index contributed by atoms with van der Waals surface area (Å²) in [6.07, 6.45) is 0. The largest absolute Gasteiger partial charge is 0.207 e. The van der Waals surface area contributed by atoms with Gasteiger partial charge in [-0.15, -0.1) is 0 Å². The van der Waals surface area contributed by atoms with E-state index in [2.05, 4.69) is 24.3 Å². The van der Waals surface area contributed by atoms with E-state index in [0.717, 1.165) is 43.8 Å². The maximum absolute atomic E-state index is 14.0. The van der Waals surface area contributed by atoms with Crippen LogP contribution in [0.15, 0.2) is 84.9 Å². The van der Waals surface area contributed by atoms with E-state index in [-0.39, 0.29) is 11.6 Å². The van der Waals surface area contributed by atoms with Crippen LogP contribution in [0.25, 0.3) is 43.8 Å². The molecular formula is C28H20F2. The van der Waals surface area contributed by atoms with Crippen LogP contribution in [-0.4, -0.2) is 0 Å². The number of rotatable bonds is 2. The van der Waals surface area contributed by atoms with Crippen LogP contribution in [0.4, 0.5) is 8.78 Å². The Labute approximate surface area is 174 Å². The summed E-state index contributed by atoms with van der Waals surface area (Å²) in [6, 6.07) is 27.1. The van der Waals surface area contributed by atoms with Crippen molar-refractivity contribution in [3.05, 3.63) is 108 Å². The first-order valence-corrected chi connectivity index (χ1v) is 10.0. The van der Waals surface area contributed by atoms with Gasteiger partial charge in [0.15, 0.2) is 0 Å². The summed E-state index contributed by atoms with van der Waals surface area (Å²) in [5.41, 5.74) is 5.41. The van der Waals surface area contributed by atoms with Gasteiger partial charge in [0.05, 0.1) is 0 Å². The molecule has 146 valence electrons. The van der Waals surface area contributed by atoms with Gasteiger partial charge in [-0.25, -0.2) is 8.78 Å². The predicted molar refractivity (Wildman–Crippen MR) is 122 cm³/mol. The smallest absolute Gasteiger partial charge is 0.126 e. The minimum atomic E-state index is -0.203. The summed E-state index contributed by atoms with van der Waals surface area (Å²) in [6.45, 7) is 3.58. The molecule has 0 bridgehead atoms. The van der Waals surface area contributed by atoms with E-state index in [0.29, 0.717) is 11.1 Å². The van der Waals surface area contributed by atoms with Crippen LogP contribution in [0.5, 0.6) is 0 Å². The second-order valence-electron chi connectivity index (χ2n) is 7.77. The van der Waals surface area contributed by atoms with Crippen LogP contribution >= 0.6 is 0 Å². The summed E-state index contributed by atoms with van der Waals surface area (Å²) < 4.78 is 27.9. The van der Waals surface area contributed by atoms with E-state index >= 15 is 0 Å². The Kier molecular flexibility index (Phi) is 4.36. The first-order valence-electron chi connectivity index (χ1n) is 10.0. The van der Waals surface area contributed by atoms with Crippen LogP contribution in [-0.2, 0) is 0 Å². The number of aryl methyl sites for hydroxylation is 2. The van der Waals surface area contributed by atoms with E-state index in [1.165, 1.54) is 12.1 Å². The van der Waals surface area contributed by atoms with Crippen molar-refractivity contribution in [2.24, 2.45) is 0 Å². The van der Waals surface area contributed by atoms with E-state index in [1.807, 2.05) is 48.5 Å². The maximum atomic E-state index is 14.0. The van der Waals surface area contributed by atoms with Gasteiger partial charge in [-0.2, -0.15) is 0 Å². The van der Waals surface area contributed by atoms with Crippen LogP contribution in [0.1, 0.15) is 11.1 Å². The molecule has 0 aliphatic rings. The van der Waals surface area contributed by atoms with Crippen molar-refractivity contribution in [3.63, 3.8) is 0 Å². The Hall–Kier alpha value is -3.52. The number of halogens is 2. The predicted octanol–water partition coefficient (Wildman–Crippen LogP) is 8.22. The third kappa shape index (κ3) is 2.88. The average Bonchev–Trinajstić information content (AvgIpc) is 2.76. The normalized spacial score (nSPS) is 11.3. The van der Waals surface area contributed by atoms with Gasteiger partial charge in [-0.1, -0.05) is 60.7 Å². The third-order valence-corrected chi connectivity index (χ3v) is 5.82.